The van der Waals surface area contributed by atoms with Crippen molar-refractivity contribution in [1.29, 1.82) is 0 Å². The van der Waals surface area contributed by atoms with E-state index in [0.29, 0.717) is 5.76 Å². The van der Waals surface area contributed by atoms with Gasteiger partial charge in [0.25, 0.3) is 5.91 Å². The van der Waals surface area contributed by atoms with Crippen LogP contribution in [0.15, 0.2) is 65.1 Å². The van der Waals surface area contributed by atoms with Crippen LogP contribution in [0.2, 0.25) is 0 Å². The number of carbonyl (C=O) groups excluding carboxylic acids is 1. The molecule has 30 heavy (non-hydrogen) atoms. The molecule has 0 aliphatic carbocycles. The molecule has 3 heterocycles. The number of benzene rings is 2. The normalized spacial score (nSPS) is 14.4. The third kappa shape index (κ3) is 4.15. The van der Waals surface area contributed by atoms with Gasteiger partial charge >= 0.3 is 0 Å². The van der Waals surface area contributed by atoms with Crippen molar-refractivity contribution in [3.63, 3.8) is 0 Å². The zero-order valence-corrected chi connectivity index (χ0v) is 17.5. The molecule has 0 atom stereocenters. The molecule has 0 spiro atoms. The molecule has 1 amide bonds. The molecule has 6 heteroatoms. The molecule has 2 aromatic heterocycles. The monoisotopic (exact) mass is 417 g/mol. The van der Waals surface area contributed by atoms with Gasteiger partial charge in [0.15, 0.2) is 16.5 Å². The van der Waals surface area contributed by atoms with Gasteiger partial charge in [0, 0.05) is 12.2 Å². The average molecular weight is 418 g/mol. The Morgan fingerprint density at radius 1 is 1.03 bits per heavy atom. The van der Waals surface area contributed by atoms with Gasteiger partial charge in [-0.2, -0.15) is 0 Å². The van der Waals surface area contributed by atoms with Crippen LogP contribution in [0, 0.1) is 0 Å². The molecule has 1 aliphatic rings. The molecule has 5 rings (SSSR count). The molecule has 0 bridgehead atoms. The number of likely N-dealkylation sites (tertiary alicyclic amines) is 1. The Hall–Kier alpha value is -2.96. The van der Waals surface area contributed by atoms with Gasteiger partial charge in [0.1, 0.15) is 0 Å². The first kappa shape index (κ1) is 19.0. The first-order chi connectivity index (χ1) is 14.7. The molecule has 0 saturated carbocycles. The summed E-state index contributed by atoms with van der Waals surface area (Å²) in [6.07, 6.45) is 3.68. The van der Waals surface area contributed by atoms with Gasteiger partial charge in [0.2, 0.25) is 0 Å². The Balaban J connectivity index is 1.22. The van der Waals surface area contributed by atoms with Crippen molar-refractivity contribution in [3.05, 3.63) is 72.0 Å². The number of para-hydroxylation sites is 1. The number of nitrogens with one attached hydrogen (secondary N) is 1. The van der Waals surface area contributed by atoms with Gasteiger partial charge in [-0.25, -0.2) is 4.98 Å². The fraction of sp³-hybridized carbons (Fsp3) is 0.250. The van der Waals surface area contributed by atoms with Crippen LogP contribution in [0.3, 0.4) is 0 Å². The lowest BCUT2D eigenvalue weighted by molar-refractivity contribution is 0.0997. The van der Waals surface area contributed by atoms with Crippen molar-refractivity contribution in [1.82, 2.24) is 9.88 Å². The Kier molecular flexibility index (Phi) is 5.34. The third-order valence-corrected chi connectivity index (χ3v) is 6.51. The van der Waals surface area contributed by atoms with Crippen LogP contribution in [-0.4, -0.2) is 35.4 Å². The van der Waals surface area contributed by atoms with Gasteiger partial charge in [-0.05, 0) is 74.3 Å². The van der Waals surface area contributed by atoms with Crippen molar-refractivity contribution < 1.29 is 9.21 Å². The van der Waals surface area contributed by atoms with Crippen molar-refractivity contribution >= 4 is 33.1 Å². The first-order valence-electron chi connectivity index (χ1n) is 10.3. The number of thiazole rings is 1. The van der Waals surface area contributed by atoms with Gasteiger partial charge in [-0.3, -0.25) is 4.79 Å². The second-order valence-electron chi connectivity index (χ2n) is 7.60. The van der Waals surface area contributed by atoms with E-state index < -0.39 is 0 Å². The number of aromatic nitrogens is 1. The maximum atomic E-state index is 12.6. The number of carbonyl (C=O) groups is 1. The molecule has 1 N–H and O–H groups in total. The molecular weight excluding hydrogens is 394 g/mol. The lowest BCUT2D eigenvalue weighted by atomic mass is 10.1. The number of hydrogen-bond acceptors (Lipinski definition) is 5. The summed E-state index contributed by atoms with van der Waals surface area (Å²) < 4.78 is 6.88. The van der Waals surface area contributed by atoms with Gasteiger partial charge in [0.05, 0.1) is 10.2 Å². The van der Waals surface area contributed by atoms with E-state index in [-0.39, 0.29) is 11.7 Å². The Bertz CT molecular complexity index is 1120. The maximum Gasteiger partial charge on any atom is 0.291 e. The van der Waals surface area contributed by atoms with Gasteiger partial charge in [-0.1, -0.05) is 24.3 Å². The van der Waals surface area contributed by atoms with Crippen LogP contribution < -0.4 is 5.32 Å². The number of rotatable bonds is 6. The lowest BCUT2D eigenvalue weighted by Crippen LogP contribution is -2.21. The molecule has 1 saturated heterocycles. The van der Waals surface area contributed by atoms with Crippen molar-refractivity contribution in [2.75, 3.05) is 25.0 Å². The molecule has 4 aromatic rings. The van der Waals surface area contributed by atoms with Crippen LogP contribution in [0.25, 0.3) is 21.0 Å². The van der Waals surface area contributed by atoms with Gasteiger partial charge < -0.3 is 14.6 Å². The van der Waals surface area contributed by atoms with E-state index in [1.165, 1.54) is 31.5 Å². The average Bonchev–Trinajstić information content (AvgIpc) is 3.53. The summed E-state index contributed by atoms with van der Waals surface area (Å²) in [5.74, 6) is 0.633. The Labute approximate surface area is 179 Å². The second kappa shape index (κ2) is 8.42. The fourth-order valence-corrected chi connectivity index (χ4v) is 4.72. The standard InChI is InChI=1S/C24H23N3O2S/c28-23(25-18-9-7-17(8-10-18)13-16-27-14-3-4-15-27)20-11-12-21(29-20)24-26-19-5-1-2-6-22(19)30-24/h1-2,5-12H,3-4,13-16H2,(H,25,28). The van der Waals surface area contributed by atoms with E-state index >= 15 is 0 Å². The number of anilines is 1. The quantitative estimate of drug-likeness (QED) is 0.453. The molecule has 5 nitrogen and oxygen atoms in total. The highest BCUT2D eigenvalue weighted by atomic mass is 32.1. The predicted octanol–water partition coefficient (Wildman–Crippen LogP) is 5.45. The summed E-state index contributed by atoms with van der Waals surface area (Å²) in [6.45, 7) is 3.54. The van der Waals surface area contributed by atoms with Crippen LogP contribution in [0.1, 0.15) is 29.0 Å². The van der Waals surface area contributed by atoms with Crippen LogP contribution >= 0.6 is 11.3 Å². The van der Waals surface area contributed by atoms with Crippen molar-refractivity contribution in [3.8, 4) is 10.8 Å². The van der Waals surface area contributed by atoms with E-state index in [9.17, 15) is 4.79 Å². The van der Waals surface area contributed by atoms with E-state index in [0.717, 1.165) is 33.9 Å². The van der Waals surface area contributed by atoms with E-state index in [2.05, 4.69) is 27.3 Å². The molecular formula is C24H23N3O2S. The van der Waals surface area contributed by atoms with Crippen LogP contribution in [-0.2, 0) is 6.42 Å². The topological polar surface area (TPSA) is 58.4 Å². The molecule has 2 aromatic carbocycles. The summed E-state index contributed by atoms with van der Waals surface area (Å²) in [5, 5.41) is 3.69. The fourth-order valence-electron chi connectivity index (χ4n) is 3.79. The SMILES string of the molecule is O=C(Nc1ccc(CCN2CCCC2)cc1)c1ccc(-c2nc3ccccc3s2)o1. The van der Waals surface area contributed by atoms with Crippen molar-refractivity contribution in [2.45, 2.75) is 19.3 Å². The highest BCUT2D eigenvalue weighted by Crippen LogP contribution is 2.31. The molecule has 1 aliphatic heterocycles. The number of amides is 1. The van der Waals surface area contributed by atoms with Crippen molar-refractivity contribution in [2.24, 2.45) is 0 Å². The molecule has 1 fully saturated rings. The maximum absolute atomic E-state index is 12.6. The summed E-state index contributed by atoms with van der Waals surface area (Å²) in [6, 6.07) is 19.5. The van der Waals surface area contributed by atoms with Crippen LogP contribution in [0.5, 0.6) is 0 Å². The van der Waals surface area contributed by atoms with E-state index in [1.807, 2.05) is 36.4 Å². The number of hydrogen-bond donors (Lipinski definition) is 1. The zero-order valence-electron chi connectivity index (χ0n) is 16.6. The minimum absolute atomic E-state index is 0.257. The van der Waals surface area contributed by atoms with E-state index in [4.69, 9.17) is 4.42 Å². The Morgan fingerprint density at radius 2 is 1.83 bits per heavy atom. The largest absolute Gasteiger partial charge is 0.448 e. The van der Waals surface area contributed by atoms with Crippen LogP contribution in [0.4, 0.5) is 5.69 Å². The minimum Gasteiger partial charge on any atom is -0.448 e. The second-order valence-corrected chi connectivity index (χ2v) is 8.63. The Morgan fingerprint density at radius 3 is 2.63 bits per heavy atom. The zero-order chi connectivity index (χ0) is 20.3. The smallest absolute Gasteiger partial charge is 0.291 e. The molecule has 152 valence electrons. The predicted molar refractivity (Wildman–Crippen MR) is 121 cm³/mol. The number of fused-ring (bicyclic) bond motifs is 1. The number of nitrogens with zero attached hydrogens (tertiary/aromatic N) is 2. The van der Waals surface area contributed by atoms with E-state index in [1.54, 1.807) is 23.5 Å². The van der Waals surface area contributed by atoms with Gasteiger partial charge in [-0.15, -0.1) is 11.3 Å². The summed E-state index contributed by atoms with van der Waals surface area (Å²) in [7, 11) is 0. The molecule has 0 unspecified atom stereocenters. The minimum atomic E-state index is -0.257. The summed E-state index contributed by atoms with van der Waals surface area (Å²) in [5.41, 5.74) is 2.99. The summed E-state index contributed by atoms with van der Waals surface area (Å²) >= 11 is 1.55. The first-order valence-corrected chi connectivity index (χ1v) is 11.1. The summed E-state index contributed by atoms with van der Waals surface area (Å²) in [4.78, 5) is 19.7. The number of furan rings is 1. The molecule has 0 radical (unpaired) electrons. The highest BCUT2D eigenvalue weighted by Gasteiger charge is 2.15. The highest BCUT2D eigenvalue weighted by molar-refractivity contribution is 7.21. The lowest BCUT2D eigenvalue weighted by Gasteiger charge is -2.14. The third-order valence-electron chi connectivity index (χ3n) is 5.46.